The first kappa shape index (κ1) is 11.4. The minimum absolute atomic E-state index is 0.155. The van der Waals surface area contributed by atoms with Crippen molar-refractivity contribution in [3.63, 3.8) is 0 Å². The van der Waals surface area contributed by atoms with Crippen LogP contribution in [-0.2, 0) is 6.42 Å². The highest BCUT2D eigenvalue weighted by Gasteiger charge is 2.24. The van der Waals surface area contributed by atoms with Crippen LogP contribution in [0, 0.1) is 5.82 Å². The topological polar surface area (TPSA) is 29.3 Å². The van der Waals surface area contributed by atoms with Gasteiger partial charge in [-0.2, -0.15) is 0 Å². The van der Waals surface area contributed by atoms with E-state index in [1.54, 1.807) is 12.1 Å². The smallest absolute Gasteiger partial charge is 0.125 e. The Kier molecular flexibility index (Phi) is 3.44. The van der Waals surface area contributed by atoms with Gasteiger partial charge in [0.15, 0.2) is 0 Å². The van der Waals surface area contributed by atoms with Crippen molar-refractivity contribution < 1.29 is 4.39 Å². The van der Waals surface area contributed by atoms with Gasteiger partial charge in [-0.3, -0.25) is 0 Å². The van der Waals surface area contributed by atoms with Crippen LogP contribution in [0.1, 0.15) is 25.3 Å². The Morgan fingerprint density at radius 3 is 3.00 bits per heavy atom. The van der Waals surface area contributed by atoms with Crippen LogP contribution in [0.2, 0.25) is 0 Å². The first-order chi connectivity index (χ1) is 7.76. The molecular weight excluding hydrogens is 203 g/mol. The molecule has 0 amide bonds. The van der Waals surface area contributed by atoms with E-state index in [4.69, 9.17) is 5.73 Å². The van der Waals surface area contributed by atoms with Crippen molar-refractivity contribution in [2.45, 2.75) is 32.2 Å². The summed E-state index contributed by atoms with van der Waals surface area (Å²) in [6, 6.07) is 5.43. The summed E-state index contributed by atoms with van der Waals surface area (Å²) >= 11 is 0. The first-order valence-corrected chi connectivity index (χ1v) is 6.01. The molecule has 0 aromatic heterocycles. The van der Waals surface area contributed by atoms with Crippen molar-refractivity contribution >= 4 is 5.69 Å². The lowest BCUT2D eigenvalue weighted by molar-refractivity contribution is 0.560. The van der Waals surface area contributed by atoms with Gasteiger partial charge in [-0.25, -0.2) is 4.39 Å². The fourth-order valence-corrected chi connectivity index (χ4v) is 2.49. The molecule has 0 saturated heterocycles. The van der Waals surface area contributed by atoms with E-state index in [2.05, 4.69) is 11.8 Å². The normalized spacial score (nSPS) is 16.3. The number of halogens is 1. The maximum absolute atomic E-state index is 13.2. The molecule has 2 nitrogen and oxygen atoms in total. The van der Waals surface area contributed by atoms with Crippen molar-refractivity contribution in [3.05, 3.63) is 29.6 Å². The Morgan fingerprint density at radius 1 is 1.50 bits per heavy atom. The summed E-state index contributed by atoms with van der Waals surface area (Å²) in [7, 11) is 0. The van der Waals surface area contributed by atoms with Crippen molar-refractivity contribution in [2.24, 2.45) is 5.73 Å². The minimum Gasteiger partial charge on any atom is -0.367 e. The van der Waals surface area contributed by atoms with Gasteiger partial charge < -0.3 is 10.6 Å². The fourth-order valence-electron chi connectivity index (χ4n) is 2.49. The van der Waals surface area contributed by atoms with Gasteiger partial charge in [0.2, 0.25) is 0 Å². The molecule has 1 atom stereocenters. The lowest BCUT2D eigenvalue weighted by Gasteiger charge is -2.29. The molecule has 3 heteroatoms. The van der Waals surface area contributed by atoms with E-state index >= 15 is 0 Å². The van der Waals surface area contributed by atoms with Gasteiger partial charge in [-0.1, -0.05) is 19.4 Å². The van der Waals surface area contributed by atoms with Gasteiger partial charge >= 0.3 is 0 Å². The number of nitrogens with two attached hydrogens (primary N) is 1. The zero-order valence-electron chi connectivity index (χ0n) is 9.75. The summed E-state index contributed by atoms with van der Waals surface area (Å²) < 4.78 is 13.2. The molecule has 1 aromatic rings. The SMILES string of the molecule is CCCC(CN)N1CCc2ccc(F)cc21. The molecule has 16 heavy (non-hydrogen) atoms. The Bertz CT molecular complexity index is 365. The molecule has 88 valence electrons. The van der Waals surface area contributed by atoms with Gasteiger partial charge in [-0.05, 0) is 30.5 Å². The predicted octanol–water partition coefficient (Wildman–Crippen LogP) is 2.32. The van der Waals surface area contributed by atoms with E-state index in [0.717, 1.165) is 31.5 Å². The summed E-state index contributed by atoms with van der Waals surface area (Å²) in [5, 5.41) is 0. The number of rotatable bonds is 4. The van der Waals surface area contributed by atoms with Crippen molar-refractivity contribution in [1.82, 2.24) is 0 Å². The lowest BCUT2D eigenvalue weighted by Crippen LogP contribution is -2.39. The number of hydrogen-bond donors (Lipinski definition) is 1. The molecule has 0 aliphatic carbocycles. The minimum atomic E-state index is -0.155. The summed E-state index contributed by atoms with van der Waals surface area (Å²) in [5.74, 6) is -0.155. The fraction of sp³-hybridized carbons (Fsp3) is 0.538. The predicted molar refractivity (Wildman–Crippen MR) is 65.2 cm³/mol. The largest absolute Gasteiger partial charge is 0.367 e. The Balaban J connectivity index is 2.24. The molecule has 0 radical (unpaired) electrons. The molecular formula is C13H19FN2. The second-order valence-corrected chi connectivity index (χ2v) is 4.39. The van der Waals surface area contributed by atoms with E-state index in [1.165, 1.54) is 5.56 Å². The molecule has 2 rings (SSSR count). The summed E-state index contributed by atoms with van der Waals surface area (Å²) in [4.78, 5) is 2.27. The number of hydrogen-bond acceptors (Lipinski definition) is 2. The average molecular weight is 222 g/mol. The molecule has 0 bridgehead atoms. The molecule has 0 saturated carbocycles. The van der Waals surface area contributed by atoms with Gasteiger partial charge in [-0.15, -0.1) is 0 Å². The highest BCUT2D eigenvalue weighted by molar-refractivity contribution is 5.58. The maximum atomic E-state index is 13.2. The van der Waals surface area contributed by atoms with Crippen LogP contribution in [0.4, 0.5) is 10.1 Å². The molecule has 2 N–H and O–H groups in total. The van der Waals surface area contributed by atoms with Crippen LogP contribution in [0.3, 0.4) is 0 Å². The van der Waals surface area contributed by atoms with Crippen LogP contribution in [0.25, 0.3) is 0 Å². The number of benzene rings is 1. The Labute approximate surface area is 96.2 Å². The monoisotopic (exact) mass is 222 g/mol. The van der Waals surface area contributed by atoms with Crippen molar-refractivity contribution in [3.8, 4) is 0 Å². The van der Waals surface area contributed by atoms with Crippen molar-refractivity contribution in [2.75, 3.05) is 18.0 Å². The zero-order valence-corrected chi connectivity index (χ0v) is 9.75. The van der Waals surface area contributed by atoms with E-state index in [9.17, 15) is 4.39 Å². The summed E-state index contributed by atoms with van der Waals surface area (Å²) in [6.45, 7) is 3.77. The number of nitrogens with zero attached hydrogens (tertiary/aromatic N) is 1. The zero-order chi connectivity index (χ0) is 11.5. The van der Waals surface area contributed by atoms with E-state index in [-0.39, 0.29) is 5.82 Å². The number of fused-ring (bicyclic) bond motifs is 1. The molecule has 1 unspecified atom stereocenters. The third-order valence-electron chi connectivity index (χ3n) is 3.31. The highest BCUT2D eigenvalue weighted by atomic mass is 19.1. The first-order valence-electron chi connectivity index (χ1n) is 6.01. The van der Waals surface area contributed by atoms with Gasteiger partial charge in [0.1, 0.15) is 5.82 Å². The van der Waals surface area contributed by atoms with Gasteiger partial charge in [0.25, 0.3) is 0 Å². The van der Waals surface area contributed by atoms with Crippen LogP contribution in [-0.4, -0.2) is 19.1 Å². The lowest BCUT2D eigenvalue weighted by atomic mass is 10.1. The van der Waals surface area contributed by atoms with Gasteiger partial charge in [0.05, 0.1) is 0 Å². The molecule has 1 aliphatic rings. The Morgan fingerprint density at radius 2 is 2.31 bits per heavy atom. The van der Waals surface area contributed by atoms with Crippen molar-refractivity contribution in [1.29, 1.82) is 0 Å². The second kappa shape index (κ2) is 4.83. The van der Waals surface area contributed by atoms with Crippen LogP contribution in [0.5, 0.6) is 0 Å². The molecule has 1 heterocycles. The maximum Gasteiger partial charge on any atom is 0.125 e. The van der Waals surface area contributed by atoms with E-state index < -0.39 is 0 Å². The standard InChI is InChI=1S/C13H19FN2/c1-2-3-12(9-15)16-7-6-10-4-5-11(14)8-13(10)16/h4-5,8,12H,2-3,6-7,9,15H2,1H3. The summed E-state index contributed by atoms with van der Waals surface area (Å²) in [6.07, 6.45) is 3.20. The average Bonchev–Trinajstić information content (AvgIpc) is 2.69. The van der Waals surface area contributed by atoms with Gasteiger partial charge in [0, 0.05) is 24.8 Å². The number of anilines is 1. The third-order valence-corrected chi connectivity index (χ3v) is 3.31. The molecule has 0 fully saturated rings. The van der Waals surface area contributed by atoms with Crippen LogP contribution in [0.15, 0.2) is 18.2 Å². The molecule has 1 aromatic carbocycles. The van der Waals surface area contributed by atoms with Crippen LogP contribution >= 0.6 is 0 Å². The highest BCUT2D eigenvalue weighted by Crippen LogP contribution is 2.31. The Hall–Kier alpha value is -1.09. The summed E-state index contributed by atoms with van der Waals surface area (Å²) in [5.41, 5.74) is 8.09. The molecule has 0 spiro atoms. The van der Waals surface area contributed by atoms with E-state index in [1.807, 2.05) is 6.07 Å². The molecule has 1 aliphatic heterocycles. The van der Waals surface area contributed by atoms with Crippen LogP contribution < -0.4 is 10.6 Å². The second-order valence-electron chi connectivity index (χ2n) is 4.39. The van der Waals surface area contributed by atoms with E-state index in [0.29, 0.717) is 12.6 Å². The third kappa shape index (κ3) is 2.05. The quantitative estimate of drug-likeness (QED) is 0.847.